The minimum Gasteiger partial charge on any atom is -0.465 e. The van der Waals surface area contributed by atoms with Gasteiger partial charge in [-0.1, -0.05) is 6.92 Å². The standard InChI is InChI=1S/C16H20N2O5S/c1-5-9(3)23-16(21)13-10(4)12-14(24-13)17-8-18(15(12)20)7-11(19)22-6-2/h8-9H,5-7H2,1-4H3. The molecule has 130 valence electrons. The van der Waals surface area contributed by atoms with E-state index in [-0.39, 0.29) is 24.8 Å². The first-order chi connectivity index (χ1) is 11.4. The van der Waals surface area contributed by atoms with E-state index in [2.05, 4.69) is 4.98 Å². The van der Waals surface area contributed by atoms with Gasteiger partial charge in [0.15, 0.2) is 0 Å². The van der Waals surface area contributed by atoms with Crippen LogP contribution in [0.3, 0.4) is 0 Å². The van der Waals surface area contributed by atoms with Crippen molar-refractivity contribution in [1.82, 2.24) is 9.55 Å². The molecule has 0 amide bonds. The fourth-order valence-corrected chi connectivity index (χ4v) is 3.15. The van der Waals surface area contributed by atoms with E-state index in [0.717, 1.165) is 11.3 Å². The fraction of sp³-hybridized carbons (Fsp3) is 0.500. The number of thiophene rings is 1. The van der Waals surface area contributed by atoms with Crippen LogP contribution < -0.4 is 5.56 Å². The molecule has 0 aliphatic heterocycles. The van der Waals surface area contributed by atoms with Gasteiger partial charge in [-0.2, -0.15) is 0 Å². The Morgan fingerprint density at radius 1 is 1.38 bits per heavy atom. The molecule has 8 heteroatoms. The Morgan fingerprint density at radius 3 is 2.71 bits per heavy atom. The van der Waals surface area contributed by atoms with Crippen LogP contribution in [-0.2, 0) is 20.8 Å². The maximum Gasteiger partial charge on any atom is 0.348 e. The van der Waals surface area contributed by atoms with Gasteiger partial charge in [-0.25, -0.2) is 9.78 Å². The van der Waals surface area contributed by atoms with Crippen molar-refractivity contribution in [3.63, 3.8) is 0 Å². The third-order valence-corrected chi connectivity index (χ3v) is 4.77. The first kappa shape index (κ1) is 18.1. The minimum absolute atomic E-state index is 0.199. The number of aryl methyl sites for hydroxylation is 1. The lowest BCUT2D eigenvalue weighted by Crippen LogP contribution is -2.25. The summed E-state index contributed by atoms with van der Waals surface area (Å²) < 4.78 is 11.4. The van der Waals surface area contributed by atoms with Crippen LogP contribution in [0, 0.1) is 6.92 Å². The van der Waals surface area contributed by atoms with Crippen molar-refractivity contribution >= 4 is 33.5 Å². The van der Waals surface area contributed by atoms with Gasteiger partial charge in [0.25, 0.3) is 5.56 Å². The van der Waals surface area contributed by atoms with Crippen LogP contribution in [0.1, 0.15) is 42.4 Å². The van der Waals surface area contributed by atoms with Crippen LogP contribution >= 0.6 is 11.3 Å². The first-order valence-electron chi connectivity index (χ1n) is 7.74. The summed E-state index contributed by atoms with van der Waals surface area (Å²) in [5.41, 5.74) is 0.156. The molecule has 2 heterocycles. The Balaban J connectivity index is 2.41. The maximum atomic E-state index is 12.6. The summed E-state index contributed by atoms with van der Waals surface area (Å²) in [6.45, 7) is 7.14. The second-order valence-corrected chi connectivity index (χ2v) is 6.34. The molecule has 0 saturated carbocycles. The second-order valence-electron chi connectivity index (χ2n) is 5.34. The van der Waals surface area contributed by atoms with Crippen LogP contribution in [0.4, 0.5) is 0 Å². The van der Waals surface area contributed by atoms with E-state index in [1.54, 1.807) is 13.8 Å². The maximum absolute atomic E-state index is 12.6. The SMILES string of the molecule is CCOC(=O)Cn1cnc2sc(C(=O)OC(C)CC)c(C)c2c1=O. The van der Waals surface area contributed by atoms with Crippen LogP contribution in [0.15, 0.2) is 11.1 Å². The predicted octanol–water partition coefficient (Wildman–Crippen LogP) is 2.28. The molecule has 7 nitrogen and oxygen atoms in total. The number of carbonyl (C=O) groups excluding carboxylic acids is 2. The number of nitrogens with zero attached hydrogens (tertiary/aromatic N) is 2. The summed E-state index contributed by atoms with van der Waals surface area (Å²) in [5.74, 6) is -0.966. The highest BCUT2D eigenvalue weighted by Crippen LogP contribution is 2.27. The number of hydrogen-bond acceptors (Lipinski definition) is 7. The molecule has 0 bridgehead atoms. The molecular weight excluding hydrogens is 332 g/mol. The number of hydrogen-bond donors (Lipinski definition) is 0. The van der Waals surface area contributed by atoms with E-state index in [9.17, 15) is 14.4 Å². The van der Waals surface area contributed by atoms with Gasteiger partial charge >= 0.3 is 11.9 Å². The van der Waals surface area contributed by atoms with Gasteiger partial charge in [0.05, 0.1) is 24.4 Å². The lowest BCUT2D eigenvalue weighted by molar-refractivity contribution is -0.143. The van der Waals surface area contributed by atoms with Crippen molar-refractivity contribution in [2.75, 3.05) is 6.61 Å². The van der Waals surface area contributed by atoms with Gasteiger partial charge in [-0.15, -0.1) is 11.3 Å². The zero-order valence-corrected chi connectivity index (χ0v) is 14.9. The molecule has 0 N–H and O–H groups in total. The van der Waals surface area contributed by atoms with Crippen molar-refractivity contribution in [2.45, 2.75) is 46.8 Å². The monoisotopic (exact) mass is 352 g/mol. The lowest BCUT2D eigenvalue weighted by Gasteiger charge is -2.09. The van der Waals surface area contributed by atoms with Gasteiger partial charge in [0.2, 0.25) is 0 Å². The van der Waals surface area contributed by atoms with Gasteiger partial charge < -0.3 is 9.47 Å². The van der Waals surface area contributed by atoms with Gasteiger partial charge in [-0.05, 0) is 32.8 Å². The molecule has 24 heavy (non-hydrogen) atoms. The smallest absolute Gasteiger partial charge is 0.348 e. The predicted molar refractivity (Wildman–Crippen MR) is 90.4 cm³/mol. The average Bonchev–Trinajstić information content (AvgIpc) is 2.88. The van der Waals surface area contributed by atoms with E-state index >= 15 is 0 Å². The van der Waals surface area contributed by atoms with Crippen LogP contribution in [0.2, 0.25) is 0 Å². The Morgan fingerprint density at radius 2 is 2.08 bits per heavy atom. The minimum atomic E-state index is -0.509. The van der Waals surface area contributed by atoms with E-state index in [1.807, 2.05) is 13.8 Å². The molecule has 1 unspecified atom stereocenters. The summed E-state index contributed by atoms with van der Waals surface area (Å²) in [6.07, 6.45) is 1.80. The van der Waals surface area contributed by atoms with Gasteiger partial charge in [0.1, 0.15) is 16.3 Å². The zero-order chi connectivity index (χ0) is 17.9. The zero-order valence-electron chi connectivity index (χ0n) is 14.1. The molecule has 0 spiro atoms. The summed E-state index contributed by atoms with van der Waals surface area (Å²) >= 11 is 1.12. The van der Waals surface area contributed by atoms with Crippen LogP contribution in [0.25, 0.3) is 10.2 Å². The summed E-state index contributed by atoms with van der Waals surface area (Å²) in [5, 5.41) is 0.336. The normalized spacial score (nSPS) is 12.2. The van der Waals surface area contributed by atoms with Gasteiger partial charge in [0, 0.05) is 0 Å². The molecule has 0 fully saturated rings. The highest BCUT2D eigenvalue weighted by molar-refractivity contribution is 7.20. The molecule has 0 aliphatic rings. The molecule has 2 rings (SSSR count). The highest BCUT2D eigenvalue weighted by atomic mass is 32.1. The highest BCUT2D eigenvalue weighted by Gasteiger charge is 2.22. The number of fused-ring (bicyclic) bond motifs is 1. The number of rotatable bonds is 6. The Kier molecular flexibility index (Phi) is 5.71. The largest absolute Gasteiger partial charge is 0.465 e. The summed E-state index contributed by atoms with van der Waals surface area (Å²) in [4.78, 5) is 41.4. The topological polar surface area (TPSA) is 87.5 Å². The van der Waals surface area contributed by atoms with Crippen molar-refractivity contribution < 1.29 is 19.1 Å². The number of ether oxygens (including phenoxy) is 2. The molecule has 0 aromatic carbocycles. The molecule has 1 atom stereocenters. The third kappa shape index (κ3) is 3.64. The van der Waals surface area contributed by atoms with E-state index in [0.29, 0.717) is 27.1 Å². The van der Waals surface area contributed by atoms with Gasteiger partial charge in [-0.3, -0.25) is 14.2 Å². The molecule has 0 aliphatic carbocycles. The lowest BCUT2D eigenvalue weighted by atomic mass is 10.2. The summed E-state index contributed by atoms with van der Waals surface area (Å²) in [7, 11) is 0. The number of aromatic nitrogens is 2. The van der Waals surface area contributed by atoms with Crippen LogP contribution in [0.5, 0.6) is 0 Å². The molecule has 2 aromatic rings. The molecule has 0 radical (unpaired) electrons. The van der Waals surface area contributed by atoms with E-state index in [4.69, 9.17) is 9.47 Å². The quantitative estimate of drug-likeness (QED) is 0.741. The van der Waals surface area contributed by atoms with E-state index < -0.39 is 11.9 Å². The molecule has 2 aromatic heterocycles. The Bertz CT molecular complexity index is 824. The van der Waals surface area contributed by atoms with E-state index in [1.165, 1.54) is 10.9 Å². The molecule has 0 saturated heterocycles. The number of carbonyl (C=O) groups is 2. The Labute approximate surface area is 143 Å². The Hall–Kier alpha value is -2.22. The van der Waals surface area contributed by atoms with Crippen molar-refractivity contribution in [2.24, 2.45) is 0 Å². The van der Waals surface area contributed by atoms with Crippen molar-refractivity contribution in [1.29, 1.82) is 0 Å². The number of esters is 2. The molecular formula is C16H20N2O5S. The second kappa shape index (κ2) is 7.57. The van der Waals surface area contributed by atoms with Crippen LogP contribution in [-0.4, -0.2) is 34.2 Å². The first-order valence-corrected chi connectivity index (χ1v) is 8.55. The fourth-order valence-electron chi connectivity index (χ4n) is 2.13. The third-order valence-electron chi connectivity index (χ3n) is 3.59. The average molecular weight is 352 g/mol. The van der Waals surface area contributed by atoms with Crippen molar-refractivity contribution in [3.8, 4) is 0 Å². The summed E-state index contributed by atoms with van der Waals surface area (Å²) in [6, 6.07) is 0. The van der Waals surface area contributed by atoms with Crippen molar-refractivity contribution in [3.05, 3.63) is 27.1 Å².